The van der Waals surface area contributed by atoms with Gasteiger partial charge in [-0.3, -0.25) is 9.59 Å². The number of ether oxygens (including phenoxy) is 5. The molecule has 14 N–H and O–H groups in total. The summed E-state index contributed by atoms with van der Waals surface area (Å²) < 4.78 is 29.6. The van der Waals surface area contributed by atoms with Gasteiger partial charge in [-0.05, 0) is 85.5 Å². The molecule has 0 radical (unpaired) electrons. The van der Waals surface area contributed by atoms with Crippen LogP contribution < -0.4 is 5.73 Å². The molecule has 2 saturated heterocycles. The molecule has 2 fully saturated rings. The highest BCUT2D eigenvalue weighted by Crippen LogP contribution is 2.33. The van der Waals surface area contributed by atoms with Crippen LogP contribution in [0.15, 0.2) is 72.9 Å². The SMILES string of the molecule is CC.CC.CC1O[C@H](OC2/C=C/C=C/C=C/C=C/CC/C=C/C=C/[C@H](C)C(OC3CC(C)(O)C(O)[C@H](C)O3)C[C@H](C)OC(=O)CC(O)CC(O)CC(O)CCC(O)C(O)CC(O)(O)CCC(C(=O)O)CC2)C(O)C(N)[C@@H]1O. The Morgan fingerprint density at radius 3 is 1.86 bits per heavy atom. The molecular weight excluding hydrogens is 1000 g/mol. The van der Waals surface area contributed by atoms with Crippen LogP contribution in [0.1, 0.15) is 152 Å². The van der Waals surface area contributed by atoms with Crippen LogP contribution in [0.2, 0.25) is 0 Å². The van der Waals surface area contributed by atoms with Gasteiger partial charge in [0.2, 0.25) is 0 Å². The molecule has 3 aliphatic rings. The van der Waals surface area contributed by atoms with E-state index >= 15 is 0 Å². The van der Waals surface area contributed by atoms with Crippen molar-refractivity contribution in [1.82, 2.24) is 0 Å². The maximum Gasteiger partial charge on any atom is 0.308 e. The van der Waals surface area contributed by atoms with Gasteiger partial charge in [-0.15, -0.1) is 0 Å². The summed E-state index contributed by atoms with van der Waals surface area (Å²) in [5, 5.41) is 127. The molecule has 20 nitrogen and oxygen atoms in total. The first-order valence-electron chi connectivity index (χ1n) is 27.7. The number of carbonyl (C=O) groups excluding carboxylic acids is 1. The summed E-state index contributed by atoms with van der Waals surface area (Å²) in [6.07, 6.45) is 4.47. The minimum absolute atomic E-state index is 0.00457. The van der Waals surface area contributed by atoms with Crippen molar-refractivity contribution < 1.29 is 94.6 Å². The maximum atomic E-state index is 12.9. The number of hydrogen-bond acceptors (Lipinski definition) is 19. The molecule has 0 aliphatic carbocycles. The Hall–Kier alpha value is -3.26. The Morgan fingerprint density at radius 2 is 1.23 bits per heavy atom. The summed E-state index contributed by atoms with van der Waals surface area (Å²) in [7, 11) is 0. The van der Waals surface area contributed by atoms with E-state index in [9.17, 15) is 70.9 Å². The van der Waals surface area contributed by atoms with Crippen molar-refractivity contribution in [2.24, 2.45) is 17.6 Å². The number of carbonyl (C=O) groups is 2. The topological polar surface area (TPSA) is 349 Å². The summed E-state index contributed by atoms with van der Waals surface area (Å²) in [5.41, 5.74) is 4.54. The first-order chi connectivity index (χ1) is 36.3. The van der Waals surface area contributed by atoms with E-state index in [2.05, 4.69) is 0 Å². The van der Waals surface area contributed by atoms with Gasteiger partial charge in [0.25, 0.3) is 0 Å². The molecule has 0 aromatic heterocycles. The summed E-state index contributed by atoms with van der Waals surface area (Å²) in [4.78, 5) is 25.3. The molecule has 446 valence electrons. The molecule has 14 unspecified atom stereocenters. The van der Waals surface area contributed by atoms with Crippen LogP contribution >= 0.6 is 0 Å². The molecule has 3 rings (SSSR count). The Balaban J connectivity index is 0.00000723. The lowest BCUT2D eigenvalue weighted by Crippen LogP contribution is -2.61. The minimum atomic E-state index is -2.60. The van der Waals surface area contributed by atoms with Crippen molar-refractivity contribution in [2.45, 2.75) is 262 Å². The van der Waals surface area contributed by atoms with Gasteiger partial charge in [-0.25, -0.2) is 0 Å². The second-order valence-electron chi connectivity index (χ2n) is 20.4. The van der Waals surface area contributed by atoms with E-state index in [1.807, 2.05) is 77.2 Å². The number of nitrogens with two attached hydrogens (primary N) is 1. The van der Waals surface area contributed by atoms with Gasteiger partial charge in [0, 0.05) is 31.6 Å². The number of hydrogen-bond donors (Lipinski definition) is 13. The molecule has 77 heavy (non-hydrogen) atoms. The normalized spacial score (nSPS) is 41.1. The standard InChI is InChI=1S/C53H87NO19.2C2H6/c1-32-18-16-14-12-10-8-6-7-9-11-13-15-17-19-40(72-51-48(62)46(54)47(61)34(3)71-51)22-20-36(50(64)65)24-25-53(67,68)30-42(59)41(58)23-21-37(55)27-38(56)28-39(57)29-44(60)69-33(2)26-43(32)73-45-31-52(5,66)49(63)35(4)70-45;2*1-2/h6-7,9,11-19,32-43,45-49,51,55-59,61-63,66-68H,8,10,20-31,54H2,1-5H3,(H,64,65);2*1-2H3/b7-6+,11-9+,14-12+,15-13+,18-16+,19-17+;;/t32-,33-,34?,35-,36?,37?,38?,39?,40?,41?,42?,43?,45?,46?,47+,48?,49?,51+,52?;;/m0../s1. The zero-order valence-electron chi connectivity index (χ0n) is 47.0. The largest absolute Gasteiger partial charge is 0.481 e. The van der Waals surface area contributed by atoms with Gasteiger partial charge in [0.15, 0.2) is 18.4 Å². The fraction of sp³-hybridized carbons (Fsp3) is 0.754. The fourth-order valence-corrected chi connectivity index (χ4v) is 8.96. The van der Waals surface area contributed by atoms with Crippen LogP contribution in [0.5, 0.6) is 0 Å². The quantitative estimate of drug-likeness (QED) is 0.137. The van der Waals surface area contributed by atoms with E-state index in [4.69, 9.17) is 29.4 Å². The number of aliphatic hydroxyl groups is 11. The number of cyclic esters (lactones) is 1. The Bertz CT molecular complexity index is 1800. The molecule has 0 aromatic carbocycles. The third-order valence-corrected chi connectivity index (χ3v) is 13.5. The second kappa shape index (κ2) is 37.6. The lowest BCUT2D eigenvalue weighted by molar-refractivity contribution is -0.287. The zero-order chi connectivity index (χ0) is 58.5. The van der Waals surface area contributed by atoms with Gasteiger partial charge in [0.1, 0.15) is 18.3 Å². The van der Waals surface area contributed by atoms with E-state index < -0.39 is 146 Å². The summed E-state index contributed by atoms with van der Waals surface area (Å²) >= 11 is 0. The summed E-state index contributed by atoms with van der Waals surface area (Å²) in [5.74, 6) is -5.92. The Kier molecular flexibility index (Phi) is 35.1. The van der Waals surface area contributed by atoms with E-state index in [1.165, 1.54) is 6.92 Å². The van der Waals surface area contributed by atoms with Gasteiger partial charge in [-0.2, -0.15) is 0 Å². The highest BCUT2D eigenvalue weighted by molar-refractivity contribution is 5.70. The zero-order valence-corrected chi connectivity index (χ0v) is 47.0. The number of rotatable bonds is 5. The molecule has 20 heteroatoms. The van der Waals surface area contributed by atoms with Gasteiger partial charge in [-0.1, -0.05) is 108 Å². The number of carboxylic acids is 1. The average molecular weight is 1100 g/mol. The van der Waals surface area contributed by atoms with Crippen LogP contribution in [0.4, 0.5) is 0 Å². The predicted molar refractivity (Wildman–Crippen MR) is 290 cm³/mol. The van der Waals surface area contributed by atoms with E-state index in [0.717, 1.165) is 12.8 Å². The summed E-state index contributed by atoms with van der Waals surface area (Å²) in [6.45, 7) is 16.3. The predicted octanol–water partition coefficient (Wildman–Crippen LogP) is 4.03. The van der Waals surface area contributed by atoms with Crippen molar-refractivity contribution in [1.29, 1.82) is 0 Å². The molecule has 0 amide bonds. The first-order valence-corrected chi connectivity index (χ1v) is 27.7. The molecule has 0 bridgehead atoms. The van der Waals surface area contributed by atoms with E-state index in [1.54, 1.807) is 51.2 Å². The lowest BCUT2D eigenvalue weighted by Gasteiger charge is -2.43. The third kappa shape index (κ3) is 28.1. The van der Waals surface area contributed by atoms with E-state index in [-0.39, 0.29) is 63.7 Å². The minimum Gasteiger partial charge on any atom is -0.481 e. The number of carboxylic acid groups (broad SMARTS) is 1. The molecular formula is C57H99NO19. The van der Waals surface area contributed by atoms with Crippen molar-refractivity contribution in [3.05, 3.63) is 72.9 Å². The lowest BCUT2D eigenvalue weighted by atomic mass is 9.89. The van der Waals surface area contributed by atoms with Gasteiger partial charge < -0.3 is 90.7 Å². The highest BCUT2D eigenvalue weighted by Gasteiger charge is 2.45. The molecule has 19 atom stereocenters. The van der Waals surface area contributed by atoms with Crippen LogP contribution in [-0.4, -0.2) is 183 Å². The average Bonchev–Trinajstić information content (AvgIpc) is 3.35. The molecule has 0 aromatic rings. The molecule has 3 heterocycles. The number of allylic oxidation sites excluding steroid dienone is 10. The number of aliphatic carboxylic acids is 1. The first kappa shape index (κ1) is 71.8. The van der Waals surface area contributed by atoms with Crippen molar-refractivity contribution >= 4 is 11.9 Å². The molecule has 0 saturated carbocycles. The Morgan fingerprint density at radius 1 is 0.649 bits per heavy atom. The smallest absolute Gasteiger partial charge is 0.308 e. The highest BCUT2D eigenvalue weighted by atomic mass is 16.7. The third-order valence-electron chi connectivity index (χ3n) is 13.5. The van der Waals surface area contributed by atoms with Gasteiger partial charge in [0.05, 0.1) is 85.0 Å². The van der Waals surface area contributed by atoms with Crippen LogP contribution in [0.3, 0.4) is 0 Å². The fourth-order valence-electron chi connectivity index (χ4n) is 8.96. The molecule has 3 aliphatic heterocycles. The summed E-state index contributed by atoms with van der Waals surface area (Å²) in [6, 6.07) is -1.07. The van der Waals surface area contributed by atoms with Crippen molar-refractivity contribution in [3.63, 3.8) is 0 Å². The Labute approximate surface area is 457 Å². The second-order valence-corrected chi connectivity index (χ2v) is 20.4. The van der Waals surface area contributed by atoms with Gasteiger partial charge >= 0.3 is 11.9 Å². The number of esters is 1. The molecule has 0 spiro atoms. The monoisotopic (exact) mass is 1100 g/mol. The number of aliphatic hydroxyl groups excluding tert-OH is 8. The van der Waals surface area contributed by atoms with Crippen molar-refractivity contribution in [3.8, 4) is 0 Å². The van der Waals surface area contributed by atoms with Crippen LogP contribution in [0, 0.1) is 11.8 Å². The van der Waals surface area contributed by atoms with Crippen LogP contribution in [-0.2, 0) is 33.3 Å². The van der Waals surface area contributed by atoms with E-state index in [0.29, 0.717) is 0 Å². The van der Waals surface area contributed by atoms with Crippen molar-refractivity contribution in [2.75, 3.05) is 0 Å². The maximum absolute atomic E-state index is 12.9. The van der Waals surface area contributed by atoms with Crippen LogP contribution in [0.25, 0.3) is 0 Å².